The molecule has 15 heavy (non-hydrogen) atoms. The molecule has 0 saturated carbocycles. The van der Waals surface area contributed by atoms with Gasteiger partial charge in [-0.1, -0.05) is 18.2 Å². The number of aryl methyl sites for hydroxylation is 2. The molecule has 0 radical (unpaired) electrons. The van der Waals surface area contributed by atoms with E-state index in [9.17, 15) is 9.90 Å². The van der Waals surface area contributed by atoms with Crippen LogP contribution in [0, 0.1) is 13.8 Å². The van der Waals surface area contributed by atoms with Gasteiger partial charge in [0.25, 0.3) is 0 Å². The summed E-state index contributed by atoms with van der Waals surface area (Å²) >= 11 is 0. The van der Waals surface area contributed by atoms with Crippen LogP contribution in [0.25, 0.3) is 5.57 Å². The van der Waals surface area contributed by atoms with E-state index in [4.69, 9.17) is 0 Å². The number of aliphatic hydroxyl groups is 1. The first-order valence-corrected chi connectivity index (χ1v) is 4.92. The van der Waals surface area contributed by atoms with Crippen molar-refractivity contribution >= 4 is 11.4 Å². The minimum absolute atomic E-state index is 0.0748. The number of Topliss-reactive ketones (excluding diaryl/α,β-unsaturated/α-hetero) is 1. The monoisotopic (exact) mass is 204 g/mol. The largest absolute Gasteiger partial charge is 0.512 e. The van der Waals surface area contributed by atoms with Crippen molar-refractivity contribution in [1.29, 1.82) is 0 Å². The summed E-state index contributed by atoms with van der Waals surface area (Å²) in [7, 11) is 0. The zero-order valence-corrected chi connectivity index (χ0v) is 9.59. The topological polar surface area (TPSA) is 37.3 Å². The highest BCUT2D eigenvalue weighted by Gasteiger charge is 2.11. The summed E-state index contributed by atoms with van der Waals surface area (Å²) in [5.41, 5.74) is 3.48. The molecule has 0 aliphatic carbocycles. The molecule has 0 heterocycles. The minimum Gasteiger partial charge on any atom is -0.512 e. The van der Waals surface area contributed by atoms with Crippen LogP contribution in [-0.4, -0.2) is 10.9 Å². The number of hydrogen-bond acceptors (Lipinski definition) is 2. The Balaban J connectivity index is 3.32. The fourth-order valence-electron chi connectivity index (χ4n) is 1.56. The third-order valence-electron chi connectivity index (χ3n) is 2.51. The summed E-state index contributed by atoms with van der Waals surface area (Å²) in [6.07, 6.45) is 0. The quantitative estimate of drug-likeness (QED) is 0.593. The van der Waals surface area contributed by atoms with Gasteiger partial charge in [-0.15, -0.1) is 0 Å². The van der Waals surface area contributed by atoms with E-state index in [1.165, 1.54) is 19.4 Å². The van der Waals surface area contributed by atoms with E-state index in [2.05, 4.69) is 0 Å². The van der Waals surface area contributed by atoms with Crippen molar-refractivity contribution in [2.24, 2.45) is 0 Å². The number of allylic oxidation sites excluding steroid dienone is 2. The normalized spacial score (nSPS) is 12.3. The third kappa shape index (κ3) is 2.46. The number of carbonyl (C=O) groups excluding carboxylic acids is 1. The van der Waals surface area contributed by atoms with E-state index in [1.807, 2.05) is 32.0 Å². The second kappa shape index (κ2) is 4.30. The van der Waals surface area contributed by atoms with E-state index in [1.54, 1.807) is 0 Å². The first-order valence-electron chi connectivity index (χ1n) is 4.92. The van der Waals surface area contributed by atoms with Gasteiger partial charge in [-0.05, 0) is 44.4 Å². The number of benzene rings is 1. The van der Waals surface area contributed by atoms with Crippen molar-refractivity contribution in [2.75, 3.05) is 0 Å². The molecule has 0 aliphatic rings. The number of hydrogen-bond donors (Lipinski definition) is 1. The van der Waals surface area contributed by atoms with Gasteiger partial charge in [0.15, 0.2) is 5.78 Å². The lowest BCUT2D eigenvalue weighted by Gasteiger charge is -2.08. The van der Waals surface area contributed by atoms with E-state index >= 15 is 0 Å². The van der Waals surface area contributed by atoms with Gasteiger partial charge in [0.2, 0.25) is 0 Å². The van der Waals surface area contributed by atoms with Gasteiger partial charge in [-0.25, -0.2) is 0 Å². The third-order valence-corrected chi connectivity index (χ3v) is 2.51. The average molecular weight is 204 g/mol. The van der Waals surface area contributed by atoms with E-state index in [-0.39, 0.29) is 11.5 Å². The lowest BCUT2D eigenvalue weighted by atomic mass is 9.97. The van der Waals surface area contributed by atoms with Gasteiger partial charge >= 0.3 is 0 Å². The van der Waals surface area contributed by atoms with Crippen LogP contribution in [0.4, 0.5) is 0 Å². The molecule has 80 valence electrons. The summed E-state index contributed by atoms with van der Waals surface area (Å²) in [4.78, 5) is 11.4. The maximum atomic E-state index is 11.4. The smallest absolute Gasteiger partial charge is 0.163 e. The van der Waals surface area contributed by atoms with Crippen LogP contribution in [-0.2, 0) is 4.79 Å². The Morgan fingerprint density at radius 1 is 1.13 bits per heavy atom. The Hall–Kier alpha value is -1.57. The summed E-state index contributed by atoms with van der Waals surface area (Å²) in [6.45, 7) is 7.00. The Morgan fingerprint density at radius 2 is 1.73 bits per heavy atom. The first kappa shape index (κ1) is 11.5. The fourth-order valence-corrected chi connectivity index (χ4v) is 1.56. The molecule has 1 rings (SSSR count). The number of rotatable bonds is 2. The van der Waals surface area contributed by atoms with E-state index in [0.717, 1.165) is 11.1 Å². The number of ketones is 1. The molecule has 1 aromatic rings. The SMILES string of the molecule is CC(=O)/C(=C(\C)O)c1ccc(C)c(C)c1. The molecule has 0 aromatic heterocycles. The molecule has 0 saturated heterocycles. The lowest BCUT2D eigenvalue weighted by Crippen LogP contribution is -2.00. The van der Waals surface area contributed by atoms with Crippen LogP contribution in [0.5, 0.6) is 0 Å². The predicted octanol–water partition coefficient (Wildman–Crippen LogP) is 3.18. The molecule has 1 aromatic carbocycles. The van der Waals surface area contributed by atoms with Crippen LogP contribution in [0.3, 0.4) is 0 Å². The van der Waals surface area contributed by atoms with Crippen molar-refractivity contribution in [3.63, 3.8) is 0 Å². The summed E-state index contributed by atoms with van der Waals surface area (Å²) in [5, 5.41) is 9.45. The Kier molecular flexibility index (Phi) is 3.30. The van der Waals surface area contributed by atoms with E-state index < -0.39 is 0 Å². The van der Waals surface area contributed by atoms with Gasteiger partial charge in [-0.3, -0.25) is 4.79 Å². The molecule has 0 amide bonds. The fraction of sp³-hybridized carbons (Fsp3) is 0.308. The molecule has 0 unspecified atom stereocenters. The zero-order valence-electron chi connectivity index (χ0n) is 9.59. The molecule has 2 heteroatoms. The Labute approximate surface area is 90.3 Å². The Morgan fingerprint density at radius 3 is 2.13 bits per heavy atom. The Bertz CT molecular complexity index is 424. The predicted molar refractivity (Wildman–Crippen MR) is 61.8 cm³/mol. The highest BCUT2D eigenvalue weighted by atomic mass is 16.3. The average Bonchev–Trinajstić information content (AvgIpc) is 2.10. The second-order valence-electron chi connectivity index (χ2n) is 3.82. The van der Waals surface area contributed by atoms with Crippen molar-refractivity contribution in [3.05, 3.63) is 40.6 Å². The van der Waals surface area contributed by atoms with Crippen LogP contribution < -0.4 is 0 Å². The number of carbonyl (C=O) groups is 1. The molecule has 1 N–H and O–H groups in total. The van der Waals surface area contributed by atoms with Crippen LogP contribution in [0.2, 0.25) is 0 Å². The minimum atomic E-state index is -0.113. The van der Waals surface area contributed by atoms with Gasteiger partial charge in [0.05, 0.1) is 5.57 Å². The first-order chi connectivity index (χ1) is 6.93. The van der Waals surface area contributed by atoms with Gasteiger partial charge in [-0.2, -0.15) is 0 Å². The summed E-state index contributed by atoms with van der Waals surface area (Å²) in [5.74, 6) is -0.0380. The highest BCUT2D eigenvalue weighted by Crippen LogP contribution is 2.21. The number of aliphatic hydroxyl groups excluding tert-OH is 1. The van der Waals surface area contributed by atoms with E-state index in [0.29, 0.717) is 5.57 Å². The maximum absolute atomic E-state index is 11.4. The molecule has 0 spiro atoms. The molecule has 0 aliphatic heterocycles. The highest BCUT2D eigenvalue weighted by molar-refractivity contribution is 6.20. The molecule has 2 nitrogen and oxygen atoms in total. The molecule has 0 bridgehead atoms. The van der Waals surface area contributed by atoms with Crippen LogP contribution in [0.1, 0.15) is 30.5 Å². The zero-order chi connectivity index (χ0) is 11.6. The van der Waals surface area contributed by atoms with Crippen molar-refractivity contribution < 1.29 is 9.90 Å². The lowest BCUT2D eigenvalue weighted by molar-refractivity contribution is -0.111. The maximum Gasteiger partial charge on any atom is 0.163 e. The second-order valence-corrected chi connectivity index (χ2v) is 3.82. The van der Waals surface area contributed by atoms with Crippen molar-refractivity contribution in [1.82, 2.24) is 0 Å². The summed E-state index contributed by atoms with van der Waals surface area (Å²) in [6, 6.07) is 5.74. The van der Waals surface area contributed by atoms with Gasteiger partial charge in [0.1, 0.15) is 5.76 Å². The van der Waals surface area contributed by atoms with Crippen molar-refractivity contribution in [2.45, 2.75) is 27.7 Å². The summed E-state index contributed by atoms with van der Waals surface area (Å²) < 4.78 is 0. The van der Waals surface area contributed by atoms with Crippen LogP contribution in [0.15, 0.2) is 24.0 Å². The van der Waals surface area contributed by atoms with Crippen molar-refractivity contribution in [3.8, 4) is 0 Å². The molecule has 0 fully saturated rings. The van der Waals surface area contributed by atoms with Gasteiger partial charge < -0.3 is 5.11 Å². The van der Waals surface area contributed by atoms with Gasteiger partial charge in [0, 0.05) is 0 Å². The molecular weight excluding hydrogens is 188 g/mol. The van der Waals surface area contributed by atoms with Crippen LogP contribution >= 0.6 is 0 Å². The molecular formula is C13H16O2. The molecule has 0 atom stereocenters. The standard InChI is InChI=1S/C13H16O2/c1-8-5-6-12(7-9(8)2)13(10(3)14)11(4)15/h5-7,14H,1-4H3/b13-10-.